The summed E-state index contributed by atoms with van der Waals surface area (Å²) in [6.07, 6.45) is 0.641. The number of aliphatic hydroxyl groups excluding tert-OH is 1. The van der Waals surface area contributed by atoms with Gasteiger partial charge in [-0.2, -0.15) is 4.68 Å². The molecule has 0 amide bonds. The highest BCUT2D eigenvalue weighted by molar-refractivity contribution is 7.13. The van der Waals surface area contributed by atoms with Crippen molar-refractivity contribution in [1.82, 2.24) is 25.2 Å². The summed E-state index contributed by atoms with van der Waals surface area (Å²) in [6, 6.07) is 10.0. The van der Waals surface area contributed by atoms with Crippen molar-refractivity contribution in [2.75, 3.05) is 0 Å². The number of nitrogens with zero attached hydrogens (tertiary/aromatic N) is 5. The lowest BCUT2D eigenvalue weighted by atomic mass is 10.1. The summed E-state index contributed by atoms with van der Waals surface area (Å²) in [5, 5.41) is 27.1. The highest BCUT2D eigenvalue weighted by atomic mass is 32.1. The Hall–Kier alpha value is -2.12. The molecule has 0 saturated carbocycles. The van der Waals surface area contributed by atoms with Crippen LogP contribution < -0.4 is 0 Å². The van der Waals surface area contributed by atoms with Gasteiger partial charge in [0.2, 0.25) is 5.13 Å². The molecule has 3 rings (SSSR count). The summed E-state index contributed by atoms with van der Waals surface area (Å²) in [7, 11) is 0. The molecular formula is C13H13N5OS. The van der Waals surface area contributed by atoms with Crippen molar-refractivity contribution in [3.8, 4) is 5.13 Å². The molecule has 20 heavy (non-hydrogen) atoms. The molecule has 0 fully saturated rings. The highest BCUT2D eigenvalue weighted by Crippen LogP contribution is 2.19. The average molecular weight is 287 g/mol. The Balaban J connectivity index is 2.02. The van der Waals surface area contributed by atoms with Crippen LogP contribution in [0.15, 0.2) is 30.3 Å². The van der Waals surface area contributed by atoms with Crippen LogP contribution in [0.3, 0.4) is 0 Å². The summed E-state index contributed by atoms with van der Waals surface area (Å²) in [5.41, 5.74) is 2.54. The lowest BCUT2D eigenvalue weighted by molar-refractivity contribution is 0.275. The van der Waals surface area contributed by atoms with Gasteiger partial charge in [0, 0.05) is 6.42 Å². The van der Waals surface area contributed by atoms with Gasteiger partial charge in [-0.15, -0.1) is 15.3 Å². The van der Waals surface area contributed by atoms with Crippen LogP contribution >= 0.6 is 11.3 Å². The molecule has 6 nitrogen and oxygen atoms in total. The molecule has 0 spiro atoms. The van der Waals surface area contributed by atoms with Gasteiger partial charge in [-0.3, -0.25) is 0 Å². The Morgan fingerprint density at radius 1 is 1.15 bits per heavy atom. The Morgan fingerprint density at radius 2 is 1.95 bits per heavy atom. The van der Waals surface area contributed by atoms with Crippen LogP contribution in [0.4, 0.5) is 0 Å². The van der Waals surface area contributed by atoms with Crippen LogP contribution in [0, 0.1) is 6.92 Å². The minimum atomic E-state index is -0.139. The maximum atomic E-state index is 9.41. The fourth-order valence-corrected chi connectivity index (χ4v) is 2.61. The summed E-state index contributed by atoms with van der Waals surface area (Å²) in [5.74, 6) is 0. The molecule has 0 aliphatic rings. The predicted octanol–water partition coefficient (Wildman–Crippen LogP) is 1.51. The maximum Gasteiger partial charge on any atom is 0.234 e. The lowest BCUT2D eigenvalue weighted by Crippen LogP contribution is -2.04. The molecule has 0 radical (unpaired) electrons. The van der Waals surface area contributed by atoms with E-state index < -0.39 is 0 Å². The molecule has 0 unspecified atom stereocenters. The van der Waals surface area contributed by atoms with Gasteiger partial charge in [0.05, 0.1) is 12.3 Å². The molecule has 2 aromatic heterocycles. The first kappa shape index (κ1) is 12.9. The number of aliphatic hydroxyl groups is 1. The van der Waals surface area contributed by atoms with Gasteiger partial charge in [0.15, 0.2) is 0 Å². The monoisotopic (exact) mass is 287 g/mol. The number of aromatic nitrogens is 5. The zero-order valence-electron chi connectivity index (χ0n) is 10.9. The van der Waals surface area contributed by atoms with Crippen LogP contribution in [0.1, 0.15) is 22.0 Å². The smallest absolute Gasteiger partial charge is 0.234 e. The third-order valence-corrected chi connectivity index (χ3v) is 3.72. The third kappa shape index (κ3) is 2.45. The Morgan fingerprint density at radius 3 is 2.60 bits per heavy atom. The molecular weight excluding hydrogens is 274 g/mol. The second-order valence-corrected chi connectivity index (χ2v) is 5.48. The Labute approximate surface area is 119 Å². The van der Waals surface area contributed by atoms with Gasteiger partial charge in [-0.1, -0.05) is 46.9 Å². The van der Waals surface area contributed by atoms with E-state index in [0.717, 1.165) is 16.3 Å². The predicted molar refractivity (Wildman–Crippen MR) is 74.7 cm³/mol. The van der Waals surface area contributed by atoms with E-state index in [2.05, 4.69) is 20.5 Å². The molecule has 1 N–H and O–H groups in total. The summed E-state index contributed by atoms with van der Waals surface area (Å²) < 4.78 is 1.66. The zero-order chi connectivity index (χ0) is 13.9. The van der Waals surface area contributed by atoms with Crippen LogP contribution in [0.5, 0.6) is 0 Å². The van der Waals surface area contributed by atoms with Crippen molar-refractivity contribution in [3.05, 3.63) is 52.3 Å². The Bertz CT molecular complexity index is 707. The molecule has 7 heteroatoms. The minimum Gasteiger partial charge on any atom is -0.390 e. The van der Waals surface area contributed by atoms with E-state index in [-0.39, 0.29) is 6.61 Å². The molecule has 2 heterocycles. The van der Waals surface area contributed by atoms with Crippen molar-refractivity contribution < 1.29 is 5.11 Å². The van der Waals surface area contributed by atoms with E-state index in [1.807, 2.05) is 37.3 Å². The van der Waals surface area contributed by atoms with E-state index in [1.54, 1.807) is 4.68 Å². The third-order valence-electron chi connectivity index (χ3n) is 2.90. The number of hydrogen-bond donors (Lipinski definition) is 1. The minimum absolute atomic E-state index is 0.139. The summed E-state index contributed by atoms with van der Waals surface area (Å²) in [6.45, 7) is 1.75. The fraction of sp³-hybridized carbons (Fsp3) is 0.231. The second-order valence-electron chi connectivity index (χ2n) is 4.32. The topological polar surface area (TPSA) is 76.7 Å². The first-order valence-corrected chi connectivity index (χ1v) is 6.98. The van der Waals surface area contributed by atoms with Crippen molar-refractivity contribution in [2.45, 2.75) is 20.0 Å². The molecule has 0 bridgehead atoms. The van der Waals surface area contributed by atoms with Crippen LogP contribution in [-0.4, -0.2) is 30.3 Å². The van der Waals surface area contributed by atoms with Crippen molar-refractivity contribution in [2.24, 2.45) is 0 Å². The van der Waals surface area contributed by atoms with Crippen molar-refractivity contribution >= 4 is 11.3 Å². The normalized spacial score (nSPS) is 10.9. The van der Waals surface area contributed by atoms with Gasteiger partial charge >= 0.3 is 0 Å². The van der Waals surface area contributed by atoms with Crippen molar-refractivity contribution in [1.29, 1.82) is 0 Å². The van der Waals surface area contributed by atoms with E-state index in [1.165, 1.54) is 11.3 Å². The highest BCUT2D eigenvalue weighted by Gasteiger charge is 2.16. The standard InChI is InChI=1S/C13H13N5OS/c1-9-14-16-13(20-9)18-12(11(8-19)15-17-18)7-10-5-3-2-4-6-10/h2-6,19H,7-8H2,1H3. The number of rotatable bonds is 4. The lowest BCUT2D eigenvalue weighted by Gasteiger charge is -2.04. The second kappa shape index (κ2) is 5.48. The zero-order valence-corrected chi connectivity index (χ0v) is 11.7. The van der Waals surface area contributed by atoms with E-state index >= 15 is 0 Å². The summed E-state index contributed by atoms with van der Waals surface area (Å²) >= 11 is 1.45. The van der Waals surface area contributed by atoms with E-state index in [9.17, 15) is 5.11 Å². The van der Waals surface area contributed by atoms with E-state index in [0.29, 0.717) is 17.2 Å². The molecule has 3 aromatic rings. The molecule has 1 aromatic carbocycles. The Kier molecular flexibility index (Phi) is 3.53. The number of benzene rings is 1. The van der Waals surface area contributed by atoms with E-state index in [4.69, 9.17) is 0 Å². The molecule has 0 saturated heterocycles. The SMILES string of the molecule is Cc1nnc(-n2nnc(CO)c2Cc2ccccc2)s1. The quantitative estimate of drug-likeness (QED) is 0.787. The number of aryl methyl sites for hydroxylation is 1. The van der Waals surface area contributed by atoms with Crippen molar-refractivity contribution in [3.63, 3.8) is 0 Å². The summed E-state index contributed by atoms with van der Waals surface area (Å²) in [4.78, 5) is 0. The molecule has 0 atom stereocenters. The first-order chi connectivity index (χ1) is 9.78. The fourth-order valence-electron chi connectivity index (χ4n) is 1.95. The molecule has 0 aliphatic heterocycles. The van der Waals surface area contributed by atoms with Gasteiger partial charge in [0.25, 0.3) is 0 Å². The first-order valence-electron chi connectivity index (χ1n) is 6.16. The maximum absolute atomic E-state index is 9.41. The van der Waals surface area contributed by atoms with Crippen LogP contribution in [-0.2, 0) is 13.0 Å². The van der Waals surface area contributed by atoms with Gasteiger partial charge in [-0.05, 0) is 12.5 Å². The molecule has 102 valence electrons. The number of hydrogen-bond acceptors (Lipinski definition) is 6. The van der Waals surface area contributed by atoms with Crippen LogP contribution in [0.2, 0.25) is 0 Å². The van der Waals surface area contributed by atoms with Gasteiger partial charge in [0.1, 0.15) is 10.7 Å². The van der Waals surface area contributed by atoms with Crippen LogP contribution in [0.25, 0.3) is 5.13 Å². The molecule has 0 aliphatic carbocycles. The largest absolute Gasteiger partial charge is 0.390 e. The average Bonchev–Trinajstić information content (AvgIpc) is 3.06. The van der Waals surface area contributed by atoms with Gasteiger partial charge < -0.3 is 5.11 Å². The van der Waals surface area contributed by atoms with Gasteiger partial charge in [-0.25, -0.2) is 0 Å².